The normalized spacial score (nSPS) is 25.0. The number of para-hydroxylation sites is 1. The largest absolute Gasteiger partial charge is 0.462 e. The Morgan fingerprint density at radius 3 is 1.98 bits per heavy atom. The number of alkyl halides is 1. The van der Waals surface area contributed by atoms with Crippen molar-refractivity contribution in [3.8, 4) is 0 Å². The van der Waals surface area contributed by atoms with E-state index >= 15 is 0 Å². The van der Waals surface area contributed by atoms with Crippen molar-refractivity contribution in [1.82, 2.24) is 26.6 Å². The van der Waals surface area contributed by atoms with Crippen LogP contribution in [0.1, 0.15) is 118 Å². The number of epoxide rings is 1. The maximum absolute atomic E-state index is 13.4. The van der Waals surface area contributed by atoms with Gasteiger partial charge in [-0.2, -0.15) is 0 Å². The van der Waals surface area contributed by atoms with Crippen LogP contribution in [0.3, 0.4) is 0 Å². The fourth-order valence-electron chi connectivity index (χ4n) is 10.8. The lowest BCUT2D eigenvalue weighted by Gasteiger charge is -2.39. The van der Waals surface area contributed by atoms with Crippen LogP contribution in [-0.2, 0) is 87.4 Å². The molecule has 0 aromatic heterocycles. The number of hydrogen-bond donors (Lipinski definition) is 8. The highest BCUT2D eigenvalue weighted by Gasteiger charge is 2.58. The van der Waals surface area contributed by atoms with Crippen LogP contribution in [0, 0.1) is 11.8 Å². The lowest BCUT2D eigenvalue weighted by Crippen LogP contribution is -2.53. The average molecular weight is 1360 g/mol. The van der Waals surface area contributed by atoms with Gasteiger partial charge in [0.25, 0.3) is 0 Å². The first kappa shape index (κ1) is 77.5. The number of halogens is 1. The van der Waals surface area contributed by atoms with Crippen molar-refractivity contribution >= 4 is 63.0 Å². The van der Waals surface area contributed by atoms with Crippen molar-refractivity contribution < 1.29 is 91.1 Å². The number of esters is 1. The Morgan fingerprint density at radius 1 is 0.750 bits per heavy atom. The number of nitrogens with one attached hydrogen (secondary N) is 6. The molecule has 0 radical (unpaired) electrons. The molecule has 1 aliphatic carbocycles. The Labute approximate surface area is 550 Å². The molecule has 1 aromatic rings. The maximum Gasteiger partial charge on any atom is 0.306 e. The van der Waals surface area contributed by atoms with Gasteiger partial charge in [0.1, 0.15) is 36.0 Å². The first-order chi connectivity index (χ1) is 44.1. The summed E-state index contributed by atoms with van der Waals surface area (Å²) < 4.78 is 57.1. The number of benzene rings is 1. The fourth-order valence-corrected chi connectivity index (χ4v) is 11.0. The zero-order chi connectivity index (χ0) is 66.8. The number of hydrogen-bond acceptors (Lipinski definition) is 19. The summed E-state index contributed by atoms with van der Waals surface area (Å²) in [5, 5.41) is 38.1. The van der Waals surface area contributed by atoms with Crippen LogP contribution in [0.4, 0.5) is 5.69 Å². The van der Waals surface area contributed by atoms with Crippen molar-refractivity contribution in [2.45, 2.75) is 192 Å². The van der Waals surface area contributed by atoms with Crippen LogP contribution in [0.5, 0.6) is 0 Å². The summed E-state index contributed by atoms with van der Waals surface area (Å²) >= 11 is 3.08. The van der Waals surface area contributed by atoms with Crippen LogP contribution in [-0.4, -0.2) is 222 Å². The monoisotopic (exact) mass is 1360 g/mol. The number of carbonyl (C=O) groups is 7. The van der Waals surface area contributed by atoms with Gasteiger partial charge in [-0.3, -0.25) is 33.6 Å². The number of aryl methyl sites for hydroxylation is 1. The predicted octanol–water partition coefficient (Wildman–Crippen LogP) is 3.98. The van der Waals surface area contributed by atoms with Gasteiger partial charge >= 0.3 is 5.97 Å². The van der Waals surface area contributed by atoms with Crippen LogP contribution in [0.25, 0.3) is 0 Å². The highest BCUT2D eigenvalue weighted by molar-refractivity contribution is 9.09. The summed E-state index contributed by atoms with van der Waals surface area (Å²) in [5.41, 5.74) is 1.40. The van der Waals surface area contributed by atoms with Gasteiger partial charge in [0, 0.05) is 43.6 Å². The molecular formula is C66H103BrN6O19. The predicted molar refractivity (Wildman–Crippen MR) is 345 cm³/mol. The summed E-state index contributed by atoms with van der Waals surface area (Å²) in [4.78, 5) is 89.7. The smallest absolute Gasteiger partial charge is 0.306 e. The van der Waals surface area contributed by atoms with E-state index in [1.54, 1.807) is 45.9 Å². The molecule has 25 nitrogen and oxygen atoms in total. The molecule has 26 heteroatoms. The molecule has 1 spiro atoms. The quantitative estimate of drug-likeness (QED) is 0.0115. The van der Waals surface area contributed by atoms with Gasteiger partial charge in [-0.05, 0) is 96.1 Å². The van der Waals surface area contributed by atoms with Crippen LogP contribution >= 0.6 is 15.9 Å². The van der Waals surface area contributed by atoms with Gasteiger partial charge in [0.15, 0.2) is 0 Å². The van der Waals surface area contributed by atoms with E-state index in [-0.39, 0.29) is 116 Å². The van der Waals surface area contributed by atoms with E-state index in [1.807, 2.05) is 32.1 Å². The number of ether oxygens (including phenoxy) is 10. The maximum atomic E-state index is 13.4. The van der Waals surface area contributed by atoms with E-state index in [4.69, 9.17) is 47.4 Å². The van der Waals surface area contributed by atoms with E-state index in [0.29, 0.717) is 129 Å². The van der Waals surface area contributed by atoms with Crippen molar-refractivity contribution in [3.63, 3.8) is 0 Å². The summed E-state index contributed by atoms with van der Waals surface area (Å²) in [6.07, 6.45) is 9.99. The minimum absolute atomic E-state index is 0.0148. The number of aliphatic hydroxyl groups excluding tert-OH is 2. The van der Waals surface area contributed by atoms with E-state index in [0.717, 1.165) is 12.0 Å². The van der Waals surface area contributed by atoms with E-state index in [1.165, 1.54) is 12.2 Å². The van der Waals surface area contributed by atoms with Crippen LogP contribution in [0.2, 0.25) is 0 Å². The third kappa shape index (κ3) is 29.6. The number of allylic oxidation sites excluding steroid dienone is 2. The second-order valence-corrected chi connectivity index (χ2v) is 24.9. The molecule has 5 rings (SSSR count). The summed E-state index contributed by atoms with van der Waals surface area (Å²) in [5.74, 6) is -2.38. The highest BCUT2D eigenvalue weighted by Crippen LogP contribution is 2.43. The van der Waals surface area contributed by atoms with Crippen LogP contribution < -0.4 is 31.9 Å². The third-order valence-corrected chi connectivity index (χ3v) is 16.8. The molecule has 4 fully saturated rings. The van der Waals surface area contributed by atoms with Gasteiger partial charge in [0.05, 0.1) is 128 Å². The van der Waals surface area contributed by atoms with E-state index in [9.17, 15) is 43.8 Å². The molecule has 8 N–H and O–H groups in total. The van der Waals surface area contributed by atoms with Crippen molar-refractivity contribution in [1.29, 1.82) is 0 Å². The SMILES string of the molecule is CC(/C=C/[C@H]1O[C@H](CC(=O)N[C@H]2CC[C@@H](OC(=O)CCc3ccccc3NC(=O)[C@H](C)NC(=O)[C@@H](NC(=O)CCOCCOCCOCCOCCOCCOCCNC(=O)CBr)C(C)C)CC2)C[C@@]2(CO2)[C@@H]1O)=C\C[C@@H]1O[C@H](C)C(NC(=O)/C=C\[C@H](C)O)C[C@@H]1C. The third-order valence-electron chi connectivity index (χ3n) is 16.2. The zero-order valence-electron chi connectivity index (χ0n) is 54.8. The first-order valence-corrected chi connectivity index (χ1v) is 33.7. The molecule has 3 aliphatic heterocycles. The second-order valence-electron chi connectivity index (χ2n) is 24.4. The Hall–Kier alpha value is -5.23. The molecule has 3 heterocycles. The minimum Gasteiger partial charge on any atom is -0.462 e. The van der Waals surface area contributed by atoms with Gasteiger partial charge in [-0.1, -0.05) is 84.8 Å². The van der Waals surface area contributed by atoms with Crippen LogP contribution in [0.15, 0.2) is 60.2 Å². The Morgan fingerprint density at radius 2 is 1.37 bits per heavy atom. The van der Waals surface area contributed by atoms with Gasteiger partial charge in [0.2, 0.25) is 35.4 Å². The fraction of sp³-hybridized carbons (Fsp3) is 0.712. The molecule has 518 valence electrons. The minimum atomic E-state index is -0.964. The molecule has 1 unspecified atom stereocenters. The van der Waals surface area contributed by atoms with Gasteiger partial charge < -0.3 is 89.5 Å². The number of anilines is 1. The van der Waals surface area contributed by atoms with Crippen molar-refractivity contribution in [3.05, 3.63) is 65.8 Å². The molecule has 6 amide bonds. The highest BCUT2D eigenvalue weighted by atomic mass is 79.9. The van der Waals surface area contributed by atoms with Crippen molar-refractivity contribution in [2.24, 2.45) is 11.8 Å². The number of aliphatic hydroxyl groups is 2. The first-order valence-electron chi connectivity index (χ1n) is 32.6. The van der Waals surface area contributed by atoms with E-state index < -0.39 is 53.9 Å². The van der Waals surface area contributed by atoms with Crippen molar-refractivity contribution in [2.75, 3.05) is 103 Å². The van der Waals surface area contributed by atoms with Gasteiger partial charge in [-0.15, -0.1) is 0 Å². The lowest BCUT2D eigenvalue weighted by molar-refractivity contribution is -0.151. The molecule has 1 aromatic carbocycles. The molecule has 1 saturated carbocycles. The topological polar surface area (TPSA) is 328 Å². The molecule has 0 bridgehead atoms. The standard InChI is InChI=1S/C66H103BrN6O19/c1-43(2)62(73-58(76)24-26-83-28-30-85-32-34-87-36-37-88-35-33-86-31-29-84-27-25-68-60(78)41-67)65(82)69-47(6)64(81)72-53-11-9-8-10-49(53)15-23-61(79)92-51-18-16-50(17-19-51)70-59(77)39-52-40-66(42-89-66)63(80)56(91-52)21-13-44(3)12-20-55-45(4)38-54(48(7)90-55)71-57(75)22-14-46(5)74/h8-14,21-22,43,45-48,50-52,54-56,62-63,74,80H,15-20,23-42H2,1-7H3,(H,68,78)(H,69,82)(H,70,77)(H,71,75)(H,72,81)(H,73,76)/b21-13+,22-14-,44-12+/t45-,46-,47-,48+,50-,51+,52+,54?,55-,56+,62-,63+,66+/m0/s1. The number of rotatable bonds is 42. The average Bonchev–Trinajstić information content (AvgIpc) is 1.61. The Kier molecular flexibility index (Phi) is 35.6. The second kappa shape index (κ2) is 42.3. The molecule has 4 aliphatic rings. The zero-order valence-corrected chi connectivity index (χ0v) is 56.4. The summed E-state index contributed by atoms with van der Waals surface area (Å²) in [6, 6.07) is 4.98. The number of amides is 6. The molecule has 11 atom stereocenters. The Bertz CT molecular complexity index is 2530. The lowest BCUT2D eigenvalue weighted by atomic mass is 9.87. The summed E-state index contributed by atoms with van der Waals surface area (Å²) in [6.45, 7) is 17.9. The molecular weight excluding hydrogens is 1260 g/mol. The number of carbonyl (C=O) groups excluding carboxylic acids is 7. The Balaban J connectivity index is 0.907. The summed E-state index contributed by atoms with van der Waals surface area (Å²) in [7, 11) is 0. The molecule has 3 saturated heterocycles. The van der Waals surface area contributed by atoms with E-state index in [2.05, 4.69) is 60.8 Å². The molecule has 92 heavy (non-hydrogen) atoms. The van der Waals surface area contributed by atoms with Gasteiger partial charge in [-0.25, -0.2) is 0 Å².